The number of rotatable bonds is 2. The zero-order valence-corrected chi connectivity index (χ0v) is 14.2. The van der Waals surface area contributed by atoms with Crippen molar-refractivity contribution in [3.63, 3.8) is 0 Å². The minimum absolute atomic E-state index is 0.328. The minimum Gasteiger partial charge on any atom is -0.279 e. The van der Waals surface area contributed by atoms with Crippen LogP contribution in [0.2, 0.25) is 5.02 Å². The lowest BCUT2D eigenvalue weighted by Crippen LogP contribution is -2.02. The van der Waals surface area contributed by atoms with Crippen molar-refractivity contribution in [1.82, 2.24) is 14.5 Å². The van der Waals surface area contributed by atoms with Gasteiger partial charge in [0, 0.05) is 14.8 Å². The molecule has 3 rings (SSSR count). The average molecular weight is 418 g/mol. The Labute approximate surface area is 140 Å². The number of pyridine rings is 1. The number of halogens is 3. The molecule has 0 radical (unpaired) electrons. The van der Waals surface area contributed by atoms with E-state index in [1.807, 2.05) is 35.8 Å². The highest BCUT2D eigenvalue weighted by atomic mass is 127. The number of aromatic nitrogens is 3. The van der Waals surface area contributed by atoms with Crippen molar-refractivity contribution >= 4 is 57.0 Å². The van der Waals surface area contributed by atoms with Crippen LogP contribution in [-0.2, 0) is 5.88 Å². The van der Waals surface area contributed by atoms with Crippen LogP contribution in [0.25, 0.3) is 16.9 Å². The molecule has 0 bridgehead atoms. The highest BCUT2D eigenvalue weighted by Crippen LogP contribution is 2.27. The van der Waals surface area contributed by atoms with Gasteiger partial charge in [0.05, 0.1) is 11.6 Å². The molecule has 0 saturated heterocycles. The minimum atomic E-state index is 0.328. The van der Waals surface area contributed by atoms with Crippen LogP contribution < -0.4 is 0 Å². The first-order valence-electron chi connectivity index (χ1n) is 5.96. The number of hydrogen-bond donors (Lipinski definition) is 0. The molecule has 0 aliphatic heterocycles. The van der Waals surface area contributed by atoms with Gasteiger partial charge in [-0.15, -0.1) is 11.6 Å². The molecule has 0 unspecified atom stereocenters. The molecule has 1 aromatic carbocycles. The Hall–Kier alpha value is -0.850. The second kappa shape index (κ2) is 5.50. The van der Waals surface area contributed by atoms with Gasteiger partial charge >= 0.3 is 0 Å². The summed E-state index contributed by atoms with van der Waals surface area (Å²) in [5.74, 6) is 1.11. The Morgan fingerprint density at radius 3 is 2.80 bits per heavy atom. The predicted octanol–water partition coefficient (Wildman–Crippen LogP) is 4.73. The summed E-state index contributed by atoms with van der Waals surface area (Å²) in [6, 6.07) is 7.69. The highest BCUT2D eigenvalue weighted by Gasteiger charge is 2.16. The van der Waals surface area contributed by atoms with E-state index in [2.05, 4.69) is 32.6 Å². The molecule has 0 aliphatic carbocycles. The van der Waals surface area contributed by atoms with Crippen molar-refractivity contribution in [2.24, 2.45) is 0 Å². The molecule has 2 aromatic heterocycles. The van der Waals surface area contributed by atoms with E-state index in [-0.39, 0.29) is 0 Å². The monoisotopic (exact) mass is 417 g/mol. The molecule has 6 heteroatoms. The number of fused-ring (bicyclic) bond motifs is 1. The molecule has 0 atom stereocenters. The van der Waals surface area contributed by atoms with Crippen LogP contribution in [0, 0.1) is 10.5 Å². The normalized spacial score (nSPS) is 11.2. The third-order valence-corrected chi connectivity index (χ3v) is 4.43. The fourth-order valence-electron chi connectivity index (χ4n) is 2.14. The smallest absolute Gasteiger partial charge is 0.165 e. The van der Waals surface area contributed by atoms with Crippen molar-refractivity contribution in [2.45, 2.75) is 12.8 Å². The Bertz CT molecular complexity index is 798. The van der Waals surface area contributed by atoms with Gasteiger partial charge in [0.15, 0.2) is 5.65 Å². The van der Waals surface area contributed by atoms with E-state index in [0.717, 1.165) is 31.8 Å². The molecule has 2 heterocycles. The Morgan fingerprint density at radius 1 is 1.30 bits per heavy atom. The van der Waals surface area contributed by atoms with Gasteiger partial charge in [-0.05, 0) is 59.3 Å². The molecule has 0 saturated carbocycles. The molecule has 102 valence electrons. The van der Waals surface area contributed by atoms with Gasteiger partial charge < -0.3 is 0 Å². The largest absolute Gasteiger partial charge is 0.279 e. The van der Waals surface area contributed by atoms with Crippen molar-refractivity contribution in [3.05, 3.63) is 50.4 Å². The summed E-state index contributed by atoms with van der Waals surface area (Å²) in [7, 11) is 0. The molecule has 0 spiro atoms. The zero-order chi connectivity index (χ0) is 14.3. The SMILES string of the molecule is Cc1ccnc2c1nc(CCl)n2-c1ccc(Cl)cc1I. The summed E-state index contributed by atoms with van der Waals surface area (Å²) in [6.45, 7) is 2.02. The summed E-state index contributed by atoms with van der Waals surface area (Å²) >= 11 is 14.3. The van der Waals surface area contributed by atoms with Gasteiger partial charge in [-0.3, -0.25) is 4.57 Å². The highest BCUT2D eigenvalue weighted by molar-refractivity contribution is 14.1. The van der Waals surface area contributed by atoms with Crippen LogP contribution in [0.3, 0.4) is 0 Å². The van der Waals surface area contributed by atoms with Crippen molar-refractivity contribution in [3.8, 4) is 5.69 Å². The predicted molar refractivity (Wildman–Crippen MR) is 90.9 cm³/mol. The summed E-state index contributed by atoms with van der Waals surface area (Å²) in [6.07, 6.45) is 1.79. The maximum Gasteiger partial charge on any atom is 0.165 e. The van der Waals surface area contributed by atoms with E-state index in [1.54, 1.807) is 6.20 Å². The van der Waals surface area contributed by atoms with E-state index in [1.165, 1.54) is 0 Å². The van der Waals surface area contributed by atoms with E-state index in [4.69, 9.17) is 23.2 Å². The molecule has 0 amide bonds. The topological polar surface area (TPSA) is 30.7 Å². The van der Waals surface area contributed by atoms with Crippen LogP contribution in [0.15, 0.2) is 30.5 Å². The maximum absolute atomic E-state index is 6.05. The number of benzene rings is 1. The Morgan fingerprint density at radius 2 is 2.10 bits per heavy atom. The first-order valence-corrected chi connectivity index (χ1v) is 7.95. The first-order chi connectivity index (χ1) is 9.61. The second-order valence-electron chi connectivity index (χ2n) is 4.39. The number of aryl methyl sites for hydroxylation is 1. The van der Waals surface area contributed by atoms with Crippen LogP contribution >= 0.6 is 45.8 Å². The Balaban J connectivity index is 2.37. The van der Waals surface area contributed by atoms with Crippen molar-refractivity contribution in [2.75, 3.05) is 0 Å². The zero-order valence-electron chi connectivity index (χ0n) is 10.6. The van der Waals surface area contributed by atoms with Gasteiger partial charge in [0.25, 0.3) is 0 Å². The third-order valence-electron chi connectivity index (χ3n) is 3.09. The molecule has 0 aliphatic rings. The van der Waals surface area contributed by atoms with Crippen molar-refractivity contribution in [1.29, 1.82) is 0 Å². The van der Waals surface area contributed by atoms with Crippen LogP contribution in [-0.4, -0.2) is 14.5 Å². The summed E-state index contributed by atoms with van der Waals surface area (Å²) in [5, 5.41) is 0.708. The van der Waals surface area contributed by atoms with Crippen LogP contribution in [0.4, 0.5) is 0 Å². The molecule has 20 heavy (non-hydrogen) atoms. The second-order valence-corrected chi connectivity index (χ2v) is 6.26. The number of hydrogen-bond acceptors (Lipinski definition) is 2. The number of alkyl halides is 1. The van der Waals surface area contributed by atoms with Gasteiger partial charge in [-0.25, -0.2) is 9.97 Å². The number of nitrogens with zero attached hydrogens (tertiary/aromatic N) is 3. The molecule has 3 aromatic rings. The molecule has 3 nitrogen and oxygen atoms in total. The van der Waals surface area contributed by atoms with E-state index in [0.29, 0.717) is 10.9 Å². The van der Waals surface area contributed by atoms with Crippen LogP contribution in [0.5, 0.6) is 0 Å². The lowest BCUT2D eigenvalue weighted by Gasteiger charge is -2.09. The fourth-order valence-corrected chi connectivity index (χ4v) is 3.44. The summed E-state index contributed by atoms with van der Waals surface area (Å²) < 4.78 is 3.03. The summed E-state index contributed by atoms with van der Waals surface area (Å²) in [4.78, 5) is 9.06. The first kappa shape index (κ1) is 14.1. The quantitative estimate of drug-likeness (QED) is 0.446. The summed E-state index contributed by atoms with van der Waals surface area (Å²) in [5.41, 5.74) is 3.78. The molecular weight excluding hydrogens is 408 g/mol. The lowest BCUT2D eigenvalue weighted by molar-refractivity contribution is 0.965. The van der Waals surface area contributed by atoms with Gasteiger partial charge in [-0.2, -0.15) is 0 Å². The van der Waals surface area contributed by atoms with E-state index in [9.17, 15) is 0 Å². The molecule has 0 fully saturated rings. The van der Waals surface area contributed by atoms with Gasteiger partial charge in [0.1, 0.15) is 11.3 Å². The van der Waals surface area contributed by atoms with E-state index >= 15 is 0 Å². The van der Waals surface area contributed by atoms with Crippen molar-refractivity contribution < 1.29 is 0 Å². The van der Waals surface area contributed by atoms with Gasteiger partial charge in [-0.1, -0.05) is 11.6 Å². The van der Waals surface area contributed by atoms with E-state index < -0.39 is 0 Å². The van der Waals surface area contributed by atoms with Gasteiger partial charge in [0.2, 0.25) is 0 Å². The number of imidazole rings is 1. The maximum atomic E-state index is 6.05. The lowest BCUT2D eigenvalue weighted by atomic mass is 10.2. The Kier molecular flexibility index (Phi) is 3.88. The average Bonchev–Trinajstić information content (AvgIpc) is 2.79. The molecular formula is C14H10Cl2IN3. The van der Waals surface area contributed by atoms with Crippen LogP contribution in [0.1, 0.15) is 11.4 Å². The fraction of sp³-hybridized carbons (Fsp3) is 0.143. The molecule has 0 N–H and O–H groups in total. The third kappa shape index (κ3) is 2.29. The standard InChI is InChI=1S/C14H10Cl2IN3/c1-8-4-5-18-14-13(8)19-12(7-15)20(14)11-3-2-9(16)6-10(11)17/h2-6H,7H2,1H3.